The lowest BCUT2D eigenvalue weighted by Gasteiger charge is -2.07. The van der Waals surface area contributed by atoms with Crippen molar-refractivity contribution >= 4 is 51.8 Å². The van der Waals surface area contributed by atoms with E-state index in [0.29, 0.717) is 17.1 Å². The molecule has 1 aliphatic rings. The van der Waals surface area contributed by atoms with E-state index in [2.05, 4.69) is 27.9 Å². The Morgan fingerprint density at radius 3 is 2.65 bits per heavy atom. The monoisotopic (exact) mass is 365 g/mol. The van der Waals surface area contributed by atoms with Crippen molar-refractivity contribution in [1.29, 1.82) is 0 Å². The summed E-state index contributed by atoms with van der Waals surface area (Å²) in [7, 11) is 0. The standard InChI is InChI=1S/C11H9ClINO3/c12-5-1-2-9(8(13)3-5)14-10(15)6-4-7(6)11(16)17/h1-3,6-7H,4H2,(H,14,15)(H,16,17). The minimum absolute atomic E-state index is 0.238. The summed E-state index contributed by atoms with van der Waals surface area (Å²) in [5.74, 6) is -2.08. The highest BCUT2D eigenvalue weighted by Gasteiger charge is 2.48. The number of aliphatic carboxylic acids is 1. The van der Waals surface area contributed by atoms with Crippen LogP contribution in [0.25, 0.3) is 0 Å². The van der Waals surface area contributed by atoms with Crippen LogP contribution in [-0.2, 0) is 9.59 Å². The van der Waals surface area contributed by atoms with Gasteiger partial charge in [0, 0.05) is 8.59 Å². The number of carboxylic acids is 1. The first kappa shape index (κ1) is 12.6. The second-order valence-corrected chi connectivity index (χ2v) is 5.50. The molecule has 0 aliphatic heterocycles. The molecule has 2 unspecified atom stereocenters. The molecular weight excluding hydrogens is 356 g/mol. The quantitative estimate of drug-likeness (QED) is 0.809. The SMILES string of the molecule is O=C(O)C1CC1C(=O)Nc1ccc(Cl)cc1I. The van der Waals surface area contributed by atoms with Crippen molar-refractivity contribution in [2.75, 3.05) is 5.32 Å². The lowest BCUT2D eigenvalue weighted by molar-refractivity contribution is -0.139. The van der Waals surface area contributed by atoms with E-state index in [4.69, 9.17) is 16.7 Å². The van der Waals surface area contributed by atoms with Gasteiger partial charge in [0.25, 0.3) is 0 Å². The smallest absolute Gasteiger partial charge is 0.307 e. The van der Waals surface area contributed by atoms with Crippen LogP contribution in [-0.4, -0.2) is 17.0 Å². The number of rotatable bonds is 3. The van der Waals surface area contributed by atoms with E-state index in [9.17, 15) is 9.59 Å². The van der Waals surface area contributed by atoms with Gasteiger partial charge in [0.1, 0.15) is 0 Å². The zero-order valence-corrected chi connectivity index (χ0v) is 11.5. The first-order valence-electron chi connectivity index (χ1n) is 4.98. The van der Waals surface area contributed by atoms with Gasteiger partial charge in [-0.15, -0.1) is 0 Å². The topological polar surface area (TPSA) is 66.4 Å². The number of carbonyl (C=O) groups is 2. The highest BCUT2D eigenvalue weighted by molar-refractivity contribution is 14.1. The zero-order valence-electron chi connectivity index (χ0n) is 8.61. The van der Waals surface area contributed by atoms with Crippen molar-refractivity contribution in [3.8, 4) is 0 Å². The predicted octanol–water partition coefficient (Wildman–Crippen LogP) is 2.60. The van der Waals surface area contributed by atoms with Crippen LogP contribution in [0.15, 0.2) is 18.2 Å². The van der Waals surface area contributed by atoms with Crippen molar-refractivity contribution in [2.24, 2.45) is 11.8 Å². The summed E-state index contributed by atoms with van der Waals surface area (Å²) in [5.41, 5.74) is 0.663. The van der Waals surface area contributed by atoms with Gasteiger partial charge in [0.15, 0.2) is 0 Å². The van der Waals surface area contributed by atoms with Crippen molar-refractivity contribution in [3.05, 3.63) is 26.8 Å². The molecule has 1 aliphatic carbocycles. The number of hydrogen-bond donors (Lipinski definition) is 2. The Hall–Kier alpha value is -0.820. The molecule has 0 heterocycles. The molecule has 0 bridgehead atoms. The molecule has 90 valence electrons. The van der Waals surface area contributed by atoms with Crippen LogP contribution < -0.4 is 5.32 Å². The third-order valence-electron chi connectivity index (χ3n) is 2.63. The normalized spacial score (nSPS) is 22.0. The van der Waals surface area contributed by atoms with Gasteiger partial charge in [-0.05, 0) is 47.2 Å². The number of benzene rings is 1. The van der Waals surface area contributed by atoms with Gasteiger partial charge in [-0.1, -0.05) is 11.6 Å². The maximum absolute atomic E-state index is 11.7. The molecule has 4 nitrogen and oxygen atoms in total. The summed E-state index contributed by atoms with van der Waals surface area (Å²) >= 11 is 7.86. The second kappa shape index (κ2) is 4.81. The molecule has 1 aromatic carbocycles. The molecule has 0 aromatic heterocycles. The van der Waals surface area contributed by atoms with Gasteiger partial charge < -0.3 is 10.4 Å². The third-order valence-corrected chi connectivity index (χ3v) is 3.76. The van der Waals surface area contributed by atoms with Crippen LogP contribution in [0.1, 0.15) is 6.42 Å². The molecule has 2 rings (SSSR count). The molecule has 6 heteroatoms. The van der Waals surface area contributed by atoms with Crippen LogP contribution in [0.5, 0.6) is 0 Å². The Kier molecular flexibility index (Phi) is 3.58. The maximum atomic E-state index is 11.7. The molecule has 17 heavy (non-hydrogen) atoms. The van der Waals surface area contributed by atoms with Gasteiger partial charge in [0.2, 0.25) is 5.91 Å². The van der Waals surface area contributed by atoms with Crippen molar-refractivity contribution in [1.82, 2.24) is 0 Å². The Balaban J connectivity index is 2.02. The predicted molar refractivity (Wildman–Crippen MR) is 72.0 cm³/mol. The molecule has 1 aromatic rings. The van der Waals surface area contributed by atoms with E-state index < -0.39 is 17.8 Å². The Bertz CT molecular complexity index is 492. The molecule has 0 spiro atoms. The first-order valence-corrected chi connectivity index (χ1v) is 6.43. The van der Waals surface area contributed by atoms with Gasteiger partial charge in [-0.3, -0.25) is 9.59 Å². The molecular formula is C11H9ClINO3. The maximum Gasteiger partial charge on any atom is 0.307 e. The zero-order chi connectivity index (χ0) is 12.6. The van der Waals surface area contributed by atoms with Gasteiger partial charge >= 0.3 is 5.97 Å². The number of halogens is 2. The molecule has 2 atom stereocenters. The lowest BCUT2D eigenvalue weighted by Crippen LogP contribution is -2.17. The van der Waals surface area contributed by atoms with E-state index in [1.54, 1.807) is 18.2 Å². The summed E-state index contributed by atoms with van der Waals surface area (Å²) in [6, 6.07) is 5.13. The van der Waals surface area contributed by atoms with Gasteiger partial charge in [-0.2, -0.15) is 0 Å². The van der Waals surface area contributed by atoms with E-state index >= 15 is 0 Å². The molecule has 2 N–H and O–H groups in total. The van der Waals surface area contributed by atoms with Crippen LogP contribution in [0.4, 0.5) is 5.69 Å². The largest absolute Gasteiger partial charge is 0.481 e. The average molecular weight is 366 g/mol. The van der Waals surface area contributed by atoms with Crippen LogP contribution in [0.2, 0.25) is 5.02 Å². The number of carbonyl (C=O) groups excluding carboxylic acids is 1. The fourth-order valence-corrected chi connectivity index (χ4v) is 2.58. The number of hydrogen-bond acceptors (Lipinski definition) is 2. The van der Waals surface area contributed by atoms with Crippen molar-refractivity contribution in [3.63, 3.8) is 0 Å². The summed E-state index contributed by atoms with van der Waals surface area (Å²) < 4.78 is 0.830. The summed E-state index contributed by atoms with van der Waals surface area (Å²) in [6.45, 7) is 0. The summed E-state index contributed by atoms with van der Waals surface area (Å²) in [4.78, 5) is 22.4. The third kappa shape index (κ3) is 2.90. The van der Waals surface area contributed by atoms with Crippen molar-refractivity contribution in [2.45, 2.75) is 6.42 Å². The molecule has 0 radical (unpaired) electrons. The van der Waals surface area contributed by atoms with Crippen LogP contribution >= 0.6 is 34.2 Å². The summed E-state index contributed by atoms with van der Waals surface area (Å²) in [6.07, 6.45) is 0.422. The first-order chi connectivity index (χ1) is 7.99. The van der Waals surface area contributed by atoms with Crippen LogP contribution in [0, 0.1) is 15.4 Å². The van der Waals surface area contributed by atoms with Gasteiger partial charge in [-0.25, -0.2) is 0 Å². The molecule has 1 saturated carbocycles. The van der Waals surface area contributed by atoms with E-state index in [1.165, 1.54) is 0 Å². The Morgan fingerprint density at radius 1 is 1.41 bits per heavy atom. The highest BCUT2D eigenvalue weighted by atomic mass is 127. The van der Waals surface area contributed by atoms with E-state index in [0.717, 1.165) is 3.57 Å². The van der Waals surface area contributed by atoms with Crippen LogP contribution in [0.3, 0.4) is 0 Å². The van der Waals surface area contributed by atoms with E-state index in [-0.39, 0.29) is 5.91 Å². The molecule has 0 saturated heterocycles. The Morgan fingerprint density at radius 2 is 2.12 bits per heavy atom. The Labute approximate surface area is 116 Å². The second-order valence-electron chi connectivity index (χ2n) is 3.90. The van der Waals surface area contributed by atoms with E-state index in [1.807, 2.05) is 0 Å². The van der Waals surface area contributed by atoms with Gasteiger partial charge in [0.05, 0.1) is 17.5 Å². The number of carboxylic acid groups (broad SMARTS) is 1. The fraction of sp³-hybridized carbons (Fsp3) is 0.273. The number of amides is 1. The van der Waals surface area contributed by atoms with Crippen molar-refractivity contribution < 1.29 is 14.7 Å². The highest BCUT2D eigenvalue weighted by Crippen LogP contribution is 2.39. The lowest BCUT2D eigenvalue weighted by atomic mass is 10.2. The molecule has 1 fully saturated rings. The number of nitrogens with one attached hydrogen (secondary N) is 1. The minimum Gasteiger partial charge on any atom is -0.481 e. The minimum atomic E-state index is -0.907. The summed E-state index contributed by atoms with van der Waals surface area (Å²) in [5, 5.41) is 12.0. The average Bonchev–Trinajstić information content (AvgIpc) is 3.01. The number of anilines is 1. The molecule has 1 amide bonds. The fourth-order valence-electron chi connectivity index (χ4n) is 1.57.